The molecule has 0 saturated carbocycles. The Kier molecular flexibility index (Phi) is 6.88. The number of hydrogen-bond donors (Lipinski definition) is 1. The van der Waals surface area contributed by atoms with Crippen LogP contribution in [0.4, 0.5) is 24.5 Å². The average molecular weight is 461 g/mol. The van der Waals surface area contributed by atoms with E-state index in [0.29, 0.717) is 63.5 Å². The van der Waals surface area contributed by atoms with E-state index in [1.807, 2.05) is 4.90 Å². The molecule has 0 aromatic heterocycles. The Morgan fingerprint density at radius 3 is 2.30 bits per heavy atom. The molecular weight excluding hydrogens is 435 g/mol. The largest absolute Gasteiger partial charge is 0.416 e. The molecule has 0 atom stereocenters. The summed E-state index contributed by atoms with van der Waals surface area (Å²) in [7, 11) is 0. The minimum atomic E-state index is -4.45. The number of benzene rings is 2. The third-order valence-corrected chi connectivity index (χ3v) is 6.08. The number of nitrogens with zero attached hydrogens (tertiary/aromatic N) is 2. The van der Waals surface area contributed by atoms with Crippen molar-refractivity contribution in [1.82, 2.24) is 9.80 Å². The molecule has 9 heteroatoms. The zero-order valence-electron chi connectivity index (χ0n) is 18.1. The molecule has 2 heterocycles. The lowest BCUT2D eigenvalue weighted by Crippen LogP contribution is -2.47. The molecule has 33 heavy (non-hydrogen) atoms. The molecule has 2 aromatic carbocycles. The van der Waals surface area contributed by atoms with Crippen molar-refractivity contribution in [3.63, 3.8) is 0 Å². The standard InChI is InChI=1S/C24H26F3N3O3/c25-24(26,27)18-4-3-5-19(16-18)28-21-7-2-1-6-20(21)23(32)29-10-8-17(9-11-29)22(31)30-12-14-33-15-13-30/h1-7,16-17,28H,8-15H2. The first-order valence-electron chi connectivity index (χ1n) is 11.0. The number of piperidine rings is 1. The molecule has 0 aliphatic carbocycles. The maximum absolute atomic E-state index is 13.2. The van der Waals surface area contributed by atoms with Crippen LogP contribution >= 0.6 is 0 Å². The van der Waals surface area contributed by atoms with Crippen LogP contribution in [-0.4, -0.2) is 61.0 Å². The van der Waals surface area contributed by atoms with Gasteiger partial charge in [0.15, 0.2) is 0 Å². The molecule has 2 fully saturated rings. The fraction of sp³-hybridized carbons (Fsp3) is 0.417. The van der Waals surface area contributed by atoms with Crippen LogP contribution in [0, 0.1) is 5.92 Å². The van der Waals surface area contributed by atoms with Gasteiger partial charge in [-0.1, -0.05) is 18.2 Å². The number of carbonyl (C=O) groups is 2. The van der Waals surface area contributed by atoms with E-state index in [9.17, 15) is 22.8 Å². The van der Waals surface area contributed by atoms with Gasteiger partial charge in [-0.05, 0) is 43.2 Å². The number of amides is 2. The van der Waals surface area contributed by atoms with Gasteiger partial charge in [0.25, 0.3) is 5.91 Å². The molecule has 2 aliphatic rings. The molecule has 176 valence electrons. The Bertz CT molecular complexity index is 998. The number of anilines is 2. The van der Waals surface area contributed by atoms with Crippen molar-refractivity contribution in [2.24, 2.45) is 5.92 Å². The second-order valence-corrected chi connectivity index (χ2v) is 8.25. The number of morpholine rings is 1. The maximum atomic E-state index is 13.2. The van der Waals surface area contributed by atoms with Crippen molar-refractivity contribution in [3.8, 4) is 0 Å². The third kappa shape index (κ3) is 5.47. The van der Waals surface area contributed by atoms with Gasteiger partial charge in [-0.2, -0.15) is 13.2 Å². The second-order valence-electron chi connectivity index (χ2n) is 8.25. The number of nitrogens with one attached hydrogen (secondary N) is 1. The Labute approximate surface area is 190 Å². The fourth-order valence-electron chi connectivity index (χ4n) is 4.25. The summed E-state index contributed by atoms with van der Waals surface area (Å²) < 4.78 is 44.4. The molecule has 6 nitrogen and oxygen atoms in total. The van der Waals surface area contributed by atoms with E-state index in [-0.39, 0.29) is 23.4 Å². The normalized spacial score (nSPS) is 17.7. The van der Waals surface area contributed by atoms with Crippen LogP contribution in [0.15, 0.2) is 48.5 Å². The summed E-state index contributed by atoms with van der Waals surface area (Å²) >= 11 is 0. The average Bonchev–Trinajstić information content (AvgIpc) is 2.84. The van der Waals surface area contributed by atoms with E-state index >= 15 is 0 Å². The molecule has 0 bridgehead atoms. The van der Waals surface area contributed by atoms with Crippen molar-refractivity contribution in [2.45, 2.75) is 19.0 Å². The van der Waals surface area contributed by atoms with Crippen LogP contribution < -0.4 is 5.32 Å². The molecule has 0 radical (unpaired) electrons. The van der Waals surface area contributed by atoms with E-state index in [4.69, 9.17) is 4.74 Å². The highest BCUT2D eigenvalue weighted by molar-refractivity contribution is 6.00. The second kappa shape index (κ2) is 9.82. The molecule has 2 aliphatic heterocycles. The lowest BCUT2D eigenvalue weighted by atomic mass is 9.94. The first-order valence-corrected chi connectivity index (χ1v) is 11.0. The SMILES string of the molecule is O=C(c1ccccc1Nc1cccc(C(F)(F)F)c1)N1CCC(C(=O)N2CCOCC2)CC1. The van der Waals surface area contributed by atoms with E-state index < -0.39 is 11.7 Å². The van der Waals surface area contributed by atoms with Gasteiger partial charge in [0.05, 0.1) is 30.0 Å². The van der Waals surface area contributed by atoms with Crippen LogP contribution in [0.5, 0.6) is 0 Å². The van der Waals surface area contributed by atoms with Crippen LogP contribution in [0.25, 0.3) is 0 Å². The number of alkyl halides is 3. The number of ether oxygens (including phenoxy) is 1. The molecule has 4 rings (SSSR count). The maximum Gasteiger partial charge on any atom is 0.416 e. The van der Waals surface area contributed by atoms with E-state index in [2.05, 4.69) is 5.32 Å². The highest BCUT2D eigenvalue weighted by Gasteiger charge is 2.32. The number of halogens is 3. The highest BCUT2D eigenvalue weighted by Crippen LogP contribution is 2.32. The summed E-state index contributed by atoms with van der Waals surface area (Å²) in [6, 6.07) is 11.6. The Balaban J connectivity index is 1.42. The fourth-order valence-corrected chi connectivity index (χ4v) is 4.25. The zero-order chi connectivity index (χ0) is 23.4. The van der Waals surface area contributed by atoms with Crippen LogP contribution in [0.2, 0.25) is 0 Å². The van der Waals surface area contributed by atoms with Crippen LogP contribution in [0.3, 0.4) is 0 Å². The number of likely N-dealkylation sites (tertiary alicyclic amines) is 1. The highest BCUT2D eigenvalue weighted by atomic mass is 19.4. The minimum Gasteiger partial charge on any atom is -0.378 e. The van der Waals surface area contributed by atoms with Gasteiger partial charge in [0, 0.05) is 37.8 Å². The van der Waals surface area contributed by atoms with E-state index in [0.717, 1.165) is 12.1 Å². The van der Waals surface area contributed by atoms with Crippen molar-refractivity contribution < 1.29 is 27.5 Å². The zero-order valence-corrected chi connectivity index (χ0v) is 18.1. The first-order chi connectivity index (χ1) is 15.8. The quantitative estimate of drug-likeness (QED) is 0.743. The molecule has 1 N–H and O–H groups in total. The Morgan fingerprint density at radius 1 is 0.909 bits per heavy atom. The predicted octanol–water partition coefficient (Wildman–Crippen LogP) is 4.16. The summed E-state index contributed by atoms with van der Waals surface area (Å²) in [4.78, 5) is 29.5. The van der Waals surface area contributed by atoms with Crippen molar-refractivity contribution >= 4 is 23.2 Å². The Hall–Kier alpha value is -3.07. The summed E-state index contributed by atoms with van der Waals surface area (Å²) in [6.07, 6.45) is -3.27. The van der Waals surface area contributed by atoms with Gasteiger partial charge >= 0.3 is 6.18 Å². The number of carbonyl (C=O) groups excluding carboxylic acids is 2. The molecule has 0 spiro atoms. The number of hydrogen-bond acceptors (Lipinski definition) is 4. The molecule has 0 unspecified atom stereocenters. The first kappa shape index (κ1) is 23.1. The molecule has 2 aromatic rings. The lowest BCUT2D eigenvalue weighted by molar-refractivity contribution is -0.141. The predicted molar refractivity (Wildman–Crippen MR) is 117 cm³/mol. The molecule has 2 amide bonds. The van der Waals surface area contributed by atoms with Gasteiger partial charge in [-0.15, -0.1) is 0 Å². The third-order valence-electron chi connectivity index (χ3n) is 6.08. The van der Waals surface area contributed by atoms with Gasteiger partial charge in [0.1, 0.15) is 0 Å². The van der Waals surface area contributed by atoms with Crippen molar-refractivity contribution in [3.05, 3.63) is 59.7 Å². The van der Waals surface area contributed by atoms with Crippen molar-refractivity contribution in [2.75, 3.05) is 44.7 Å². The molecule has 2 saturated heterocycles. The lowest BCUT2D eigenvalue weighted by Gasteiger charge is -2.35. The van der Waals surface area contributed by atoms with Crippen LogP contribution in [-0.2, 0) is 15.7 Å². The van der Waals surface area contributed by atoms with E-state index in [1.54, 1.807) is 29.2 Å². The minimum absolute atomic E-state index is 0.106. The monoisotopic (exact) mass is 461 g/mol. The summed E-state index contributed by atoms with van der Waals surface area (Å²) in [5.41, 5.74) is 0.310. The van der Waals surface area contributed by atoms with Crippen molar-refractivity contribution in [1.29, 1.82) is 0 Å². The van der Waals surface area contributed by atoms with Gasteiger partial charge in [-0.25, -0.2) is 0 Å². The summed E-state index contributed by atoms with van der Waals surface area (Å²) in [5, 5.41) is 2.95. The topological polar surface area (TPSA) is 61.9 Å². The number of para-hydroxylation sites is 1. The van der Waals surface area contributed by atoms with Gasteiger partial charge < -0.3 is 19.9 Å². The van der Waals surface area contributed by atoms with E-state index in [1.165, 1.54) is 12.1 Å². The summed E-state index contributed by atoms with van der Waals surface area (Å²) in [6.45, 7) is 3.23. The smallest absolute Gasteiger partial charge is 0.378 e. The Morgan fingerprint density at radius 2 is 1.61 bits per heavy atom. The summed E-state index contributed by atoms with van der Waals surface area (Å²) in [5.74, 6) is -0.190. The number of rotatable bonds is 4. The van der Waals surface area contributed by atoms with Gasteiger partial charge in [0.2, 0.25) is 5.91 Å². The molecular formula is C24H26F3N3O3. The van der Waals surface area contributed by atoms with Gasteiger partial charge in [-0.3, -0.25) is 9.59 Å². The van der Waals surface area contributed by atoms with Crippen LogP contribution in [0.1, 0.15) is 28.8 Å².